The van der Waals surface area contributed by atoms with Gasteiger partial charge >= 0.3 is 0 Å². The SMILES string of the molecule is C=CC(F)S(=O)(=O)N=[N+]=[N-]. The van der Waals surface area contributed by atoms with Gasteiger partial charge in [-0.25, -0.2) is 12.8 Å². The van der Waals surface area contributed by atoms with Gasteiger partial charge in [-0.3, -0.25) is 0 Å². The normalized spacial score (nSPS) is 13.3. The van der Waals surface area contributed by atoms with Crippen molar-refractivity contribution in [1.82, 2.24) is 0 Å². The fourth-order valence-electron chi connectivity index (χ4n) is 0.218. The van der Waals surface area contributed by atoms with Crippen LogP contribution >= 0.6 is 0 Å². The molecule has 0 aromatic carbocycles. The molecule has 56 valence electrons. The van der Waals surface area contributed by atoms with Gasteiger partial charge in [0.2, 0.25) is 5.50 Å². The second kappa shape index (κ2) is 3.19. The molecule has 0 bridgehead atoms. The van der Waals surface area contributed by atoms with Crippen LogP contribution in [0.4, 0.5) is 4.39 Å². The lowest BCUT2D eigenvalue weighted by Crippen LogP contribution is -2.08. The summed E-state index contributed by atoms with van der Waals surface area (Å²) < 4.78 is 34.9. The largest absolute Gasteiger partial charge is 0.271 e. The summed E-state index contributed by atoms with van der Waals surface area (Å²) in [7, 11) is -4.34. The second-order valence-corrected chi connectivity index (χ2v) is 2.92. The van der Waals surface area contributed by atoms with Gasteiger partial charge in [-0.2, -0.15) is 0 Å². The standard InChI is InChI=1S/C3H4FN3O2S/c1-2-3(4)10(8,9)7-6-5/h2-3H,1H2. The van der Waals surface area contributed by atoms with E-state index in [1.54, 1.807) is 0 Å². The lowest BCUT2D eigenvalue weighted by molar-refractivity contribution is 0.475. The maximum absolute atomic E-state index is 12.1. The van der Waals surface area contributed by atoms with E-state index in [-0.39, 0.29) is 0 Å². The van der Waals surface area contributed by atoms with E-state index in [0.29, 0.717) is 6.08 Å². The minimum absolute atomic E-state index is 0.532. The summed E-state index contributed by atoms with van der Waals surface area (Å²) in [4.78, 5) is 1.93. The van der Waals surface area contributed by atoms with E-state index in [1.165, 1.54) is 0 Å². The van der Waals surface area contributed by atoms with E-state index >= 15 is 0 Å². The first-order valence-corrected chi connectivity index (χ1v) is 3.61. The van der Waals surface area contributed by atoms with Gasteiger partial charge in [0.1, 0.15) is 0 Å². The molecule has 0 rings (SSSR count). The summed E-state index contributed by atoms with van der Waals surface area (Å²) in [6.45, 7) is 2.87. The highest BCUT2D eigenvalue weighted by Crippen LogP contribution is 2.05. The van der Waals surface area contributed by atoms with Crippen LogP contribution in [0.2, 0.25) is 0 Å². The fourth-order valence-corrected chi connectivity index (χ4v) is 0.653. The minimum Gasteiger partial charge on any atom is -0.225 e. The molecule has 0 aromatic rings. The molecular weight excluding hydrogens is 161 g/mol. The predicted molar refractivity (Wildman–Crippen MR) is 33.2 cm³/mol. The zero-order valence-electron chi connectivity index (χ0n) is 4.81. The number of azide groups is 1. The molecule has 0 amide bonds. The highest BCUT2D eigenvalue weighted by molar-refractivity contribution is 7.90. The molecule has 0 fully saturated rings. The van der Waals surface area contributed by atoms with Gasteiger partial charge in [-0.15, -0.1) is 0 Å². The molecule has 0 aliphatic heterocycles. The first-order chi connectivity index (χ1) is 4.54. The molecule has 0 N–H and O–H groups in total. The second-order valence-electron chi connectivity index (χ2n) is 1.27. The van der Waals surface area contributed by atoms with Gasteiger partial charge in [0, 0.05) is 9.43 Å². The Labute approximate surface area is 56.8 Å². The molecule has 0 radical (unpaired) electrons. The average Bonchev–Trinajstić information content (AvgIpc) is 1.86. The summed E-state index contributed by atoms with van der Waals surface area (Å²) in [5, 5.41) is 0. The van der Waals surface area contributed by atoms with Crippen LogP contribution in [-0.2, 0) is 10.0 Å². The number of rotatable bonds is 3. The summed E-state index contributed by atoms with van der Waals surface area (Å²) in [5.74, 6) is 0. The van der Waals surface area contributed by atoms with Gasteiger partial charge in [0.15, 0.2) is 0 Å². The molecule has 10 heavy (non-hydrogen) atoms. The van der Waals surface area contributed by atoms with Crippen LogP contribution in [0.5, 0.6) is 0 Å². The third kappa shape index (κ3) is 2.04. The zero-order chi connectivity index (χ0) is 8.20. The summed E-state index contributed by atoms with van der Waals surface area (Å²) in [6, 6.07) is 0. The maximum Gasteiger partial charge on any atom is 0.271 e. The number of sulfonamides is 1. The first-order valence-electron chi connectivity index (χ1n) is 2.11. The third-order valence-corrected chi connectivity index (χ3v) is 1.68. The van der Waals surface area contributed by atoms with Gasteiger partial charge in [0.05, 0.1) is 0 Å². The molecule has 0 aliphatic carbocycles. The Balaban J connectivity index is 4.74. The molecular formula is C3H4FN3O2S. The van der Waals surface area contributed by atoms with E-state index < -0.39 is 15.5 Å². The first kappa shape index (κ1) is 8.93. The van der Waals surface area contributed by atoms with E-state index in [9.17, 15) is 12.8 Å². The Morgan fingerprint density at radius 2 is 2.30 bits per heavy atom. The van der Waals surface area contributed by atoms with Crippen molar-refractivity contribution >= 4 is 10.0 Å². The molecule has 7 heteroatoms. The Hall–Kier alpha value is -1.07. The van der Waals surface area contributed by atoms with Crippen molar-refractivity contribution in [2.75, 3.05) is 0 Å². The van der Waals surface area contributed by atoms with Crippen LogP contribution in [0.3, 0.4) is 0 Å². The molecule has 5 nitrogen and oxygen atoms in total. The molecule has 0 aliphatic rings. The van der Waals surface area contributed by atoms with Gasteiger partial charge in [-0.1, -0.05) is 6.58 Å². The quantitative estimate of drug-likeness (QED) is 0.271. The monoisotopic (exact) mass is 165 g/mol. The van der Waals surface area contributed by atoms with E-state index in [2.05, 4.69) is 11.1 Å². The molecule has 0 saturated heterocycles. The predicted octanol–water partition coefficient (Wildman–Crippen LogP) is 1.11. The summed E-state index contributed by atoms with van der Waals surface area (Å²) >= 11 is 0. The molecule has 0 aromatic heterocycles. The van der Waals surface area contributed by atoms with E-state index in [4.69, 9.17) is 5.53 Å². The zero-order valence-corrected chi connectivity index (χ0v) is 5.62. The van der Waals surface area contributed by atoms with Gasteiger partial charge in [0.25, 0.3) is 10.0 Å². The van der Waals surface area contributed by atoms with Gasteiger partial charge in [-0.05, 0) is 11.6 Å². The number of nitrogens with zero attached hydrogens (tertiary/aromatic N) is 3. The van der Waals surface area contributed by atoms with Gasteiger partial charge < -0.3 is 0 Å². The van der Waals surface area contributed by atoms with E-state index in [0.717, 1.165) is 0 Å². The average molecular weight is 165 g/mol. The van der Waals surface area contributed by atoms with Crippen molar-refractivity contribution in [3.05, 3.63) is 23.1 Å². The molecule has 0 saturated carbocycles. The van der Waals surface area contributed by atoms with Crippen molar-refractivity contribution in [3.63, 3.8) is 0 Å². The topological polar surface area (TPSA) is 82.9 Å². The minimum atomic E-state index is -4.34. The molecule has 1 atom stereocenters. The Bertz CT molecular complexity index is 265. The molecule has 0 spiro atoms. The third-order valence-electron chi connectivity index (χ3n) is 0.620. The number of hydrogen-bond acceptors (Lipinski definition) is 2. The Kier molecular flexibility index (Phi) is 2.85. The molecule has 0 heterocycles. The summed E-state index contributed by atoms with van der Waals surface area (Å²) in [5.41, 5.74) is 5.31. The summed E-state index contributed by atoms with van der Waals surface area (Å²) in [6.07, 6.45) is 0.532. The van der Waals surface area contributed by atoms with Crippen molar-refractivity contribution in [1.29, 1.82) is 0 Å². The highest BCUT2D eigenvalue weighted by atomic mass is 32.2. The lowest BCUT2D eigenvalue weighted by Gasteiger charge is -1.94. The Morgan fingerprint density at radius 1 is 1.80 bits per heavy atom. The van der Waals surface area contributed by atoms with Crippen LogP contribution in [0.25, 0.3) is 10.4 Å². The van der Waals surface area contributed by atoms with Crippen LogP contribution in [0.15, 0.2) is 17.2 Å². The molecule has 1 unspecified atom stereocenters. The van der Waals surface area contributed by atoms with Crippen LogP contribution < -0.4 is 0 Å². The number of alkyl halides is 1. The van der Waals surface area contributed by atoms with Crippen molar-refractivity contribution in [2.45, 2.75) is 5.50 Å². The van der Waals surface area contributed by atoms with E-state index in [1.807, 2.05) is 4.91 Å². The van der Waals surface area contributed by atoms with Crippen LogP contribution in [0, 0.1) is 0 Å². The van der Waals surface area contributed by atoms with Crippen molar-refractivity contribution in [3.8, 4) is 0 Å². The number of hydrogen-bond donors (Lipinski definition) is 0. The van der Waals surface area contributed by atoms with Crippen molar-refractivity contribution in [2.24, 2.45) is 4.52 Å². The van der Waals surface area contributed by atoms with Crippen LogP contribution in [0.1, 0.15) is 0 Å². The number of halogens is 1. The van der Waals surface area contributed by atoms with Crippen molar-refractivity contribution < 1.29 is 12.8 Å². The Morgan fingerprint density at radius 3 is 2.60 bits per heavy atom. The fraction of sp³-hybridized carbons (Fsp3) is 0.333. The lowest BCUT2D eigenvalue weighted by atomic mass is 10.7. The van der Waals surface area contributed by atoms with Crippen LogP contribution in [-0.4, -0.2) is 13.9 Å². The highest BCUT2D eigenvalue weighted by Gasteiger charge is 2.18. The smallest absolute Gasteiger partial charge is 0.225 e. The maximum atomic E-state index is 12.1.